The Morgan fingerprint density at radius 1 is 1.37 bits per heavy atom. The topological polar surface area (TPSA) is 76.1 Å². The molecule has 1 fully saturated rings. The van der Waals surface area contributed by atoms with E-state index in [-0.39, 0.29) is 5.91 Å². The number of nitrogens with one attached hydrogen (secondary N) is 2. The molecule has 1 aromatic heterocycles. The quantitative estimate of drug-likeness (QED) is 0.755. The van der Waals surface area contributed by atoms with Crippen LogP contribution >= 0.6 is 0 Å². The Bertz CT molecular complexity index is 402. The number of amides is 1. The van der Waals surface area contributed by atoms with Gasteiger partial charge in [0.15, 0.2) is 0 Å². The Morgan fingerprint density at radius 2 is 2.16 bits per heavy atom. The second-order valence-corrected chi connectivity index (χ2v) is 4.66. The SMILES string of the molecule is COCCNc1cnc(C(=O)NC2CCCC2)cn1. The van der Waals surface area contributed by atoms with Crippen LogP contribution in [0.5, 0.6) is 0 Å². The highest BCUT2D eigenvalue weighted by Gasteiger charge is 2.18. The number of anilines is 1. The van der Waals surface area contributed by atoms with Crippen LogP contribution in [0, 0.1) is 0 Å². The maximum atomic E-state index is 11.9. The molecule has 0 aliphatic heterocycles. The average molecular weight is 264 g/mol. The first-order valence-corrected chi connectivity index (χ1v) is 6.65. The first-order valence-electron chi connectivity index (χ1n) is 6.65. The van der Waals surface area contributed by atoms with Gasteiger partial charge in [0, 0.05) is 19.7 Å². The van der Waals surface area contributed by atoms with Crippen molar-refractivity contribution in [2.75, 3.05) is 25.6 Å². The van der Waals surface area contributed by atoms with E-state index in [9.17, 15) is 4.79 Å². The largest absolute Gasteiger partial charge is 0.383 e. The smallest absolute Gasteiger partial charge is 0.271 e. The maximum absolute atomic E-state index is 11.9. The monoisotopic (exact) mass is 264 g/mol. The molecule has 0 bridgehead atoms. The Hall–Kier alpha value is -1.69. The number of hydrogen-bond donors (Lipinski definition) is 2. The lowest BCUT2D eigenvalue weighted by Crippen LogP contribution is -2.33. The van der Waals surface area contributed by atoms with E-state index in [1.54, 1.807) is 13.3 Å². The third-order valence-corrected chi connectivity index (χ3v) is 3.19. The lowest BCUT2D eigenvalue weighted by molar-refractivity contribution is 0.0932. The summed E-state index contributed by atoms with van der Waals surface area (Å²) in [6.45, 7) is 1.27. The second kappa shape index (κ2) is 7.04. The normalized spacial score (nSPS) is 15.4. The summed E-state index contributed by atoms with van der Waals surface area (Å²) in [6.07, 6.45) is 7.59. The molecule has 0 radical (unpaired) electrons. The second-order valence-electron chi connectivity index (χ2n) is 4.66. The molecule has 1 aromatic rings. The van der Waals surface area contributed by atoms with Gasteiger partial charge >= 0.3 is 0 Å². The summed E-state index contributed by atoms with van der Waals surface area (Å²) < 4.78 is 4.93. The number of nitrogens with zero attached hydrogens (tertiary/aromatic N) is 2. The number of carbonyl (C=O) groups is 1. The van der Waals surface area contributed by atoms with Crippen LogP contribution in [0.25, 0.3) is 0 Å². The van der Waals surface area contributed by atoms with Crippen LogP contribution in [0.1, 0.15) is 36.2 Å². The summed E-state index contributed by atoms with van der Waals surface area (Å²) in [5, 5.41) is 6.04. The standard InChI is InChI=1S/C13H20N4O2/c1-19-7-6-14-12-9-15-11(8-16-12)13(18)17-10-4-2-3-5-10/h8-10H,2-7H2,1H3,(H,14,16)(H,17,18). The van der Waals surface area contributed by atoms with Crippen LogP contribution in [0.3, 0.4) is 0 Å². The van der Waals surface area contributed by atoms with Crippen molar-refractivity contribution in [2.24, 2.45) is 0 Å². The third-order valence-electron chi connectivity index (χ3n) is 3.19. The average Bonchev–Trinajstić information content (AvgIpc) is 2.93. The minimum atomic E-state index is -0.136. The number of rotatable bonds is 6. The molecule has 1 aliphatic rings. The Labute approximate surface area is 113 Å². The van der Waals surface area contributed by atoms with E-state index in [0.717, 1.165) is 12.8 Å². The Morgan fingerprint density at radius 3 is 2.79 bits per heavy atom. The van der Waals surface area contributed by atoms with Crippen molar-refractivity contribution in [3.05, 3.63) is 18.1 Å². The number of hydrogen-bond acceptors (Lipinski definition) is 5. The Kier molecular flexibility index (Phi) is 5.09. The number of ether oxygens (including phenoxy) is 1. The summed E-state index contributed by atoms with van der Waals surface area (Å²) in [5.74, 6) is 0.511. The molecule has 0 atom stereocenters. The zero-order valence-electron chi connectivity index (χ0n) is 11.2. The van der Waals surface area contributed by atoms with Gasteiger partial charge in [0.1, 0.15) is 11.5 Å². The minimum absolute atomic E-state index is 0.136. The first kappa shape index (κ1) is 13.7. The zero-order valence-corrected chi connectivity index (χ0v) is 11.2. The molecule has 1 amide bonds. The fourth-order valence-electron chi connectivity index (χ4n) is 2.15. The highest BCUT2D eigenvalue weighted by atomic mass is 16.5. The predicted octanol–water partition coefficient (Wildman–Crippen LogP) is 1.21. The van der Waals surface area contributed by atoms with E-state index < -0.39 is 0 Å². The van der Waals surface area contributed by atoms with Crippen molar-refractivity contribution in [1.82, 2.24) is 15.3 Å². The molecule has 6 nitrogen and oxygen atoms in total. The van der Waals surface area contributed by atoms with Gasteiger partial charge in [-0.15, -0.1) is 0 Å². The molecule has 19 heavy (non-hydrogen) atoms. The van der Waals surface area contributed by atoms with Crippen LogP contribution in [0.2, 0.25) is 0 Å². The van der Waals surface area contributed by atoms with Crippen LogP contribution in [-0.4, -0.2) is 42.2 Å². The Balaban J connectivity index is 1.84. The number of methoxy groups -OCH3 is 1. The fraction of sp³-hybridized carbons (Fsp3) is 0.615. The van der Waals surface area contributed by atoms with Crippen molar-refractivity contribution in [3.63, 3.8) is 0 Å². The van der Waals surface area contributed by atoms with Crippen LogP contribution in [0.15, 0.2) is 12.4 Å². The van der Waals surface area contributed by atoms with Gasteiger partial charge < -0.3 is 15.4 Å². The molecule has 1 saturated carbocycles. The van der Waals surface area contributed by atoms with Crippen LogP contribution < -0.4 is 10.6 Å². The molecule has 2 rings (SSSR count). The molecule has 0 spiro atoms. The minimum Gasteiger partial charge on any atom is -0.383 e. The van der Waals surface area contributed by atoms with E-state index in [1.807, 2.05) is 0 Å². The van der Waals surface area contributed by atoms with Crippen molar-refractivity contribution >= 4 is 11.7 Å². The lowest BCUT2D eigenvalue weighted by Gasteiger charge is -2.11. The van der Waals surface area contributed by atoms with Gasteiger partial charge in [-0.1, -0.05) is 12.8 Å². The molecular formula is C13H20N4O2. The molecule has 1 aliphatic carbocycles. The van der Waals surface area contributed by atoms with Gasteiger partial charge in [0.25, 0.3) is 5.91 Å². The summed E-state index contributed by atoms with van der Waals surface area (Å²) in [6, 6.07) is 0.300. The van der Waals surface area contributed by atoms with Crippen LogP contribution in [-0.2, 0) is 4.74 Å². The molecule has 104 valence electrons. The van der Waals surface area contributed by atoms with E-state index in [4.69, 9.17) is 4.74 Å². The first-order chi connectivity index (χ1) is 9.29. The predicted molar refractivity (Wildman–Crippen MR) is 72.1 cm³/mol. The van der Waals surface area contributed by atoms with Crippen molar-refractivity contribution < 1.29 is 9.53 Å². The van der Waals surface area contributed by atoms with Crippen LogP contribution in [0.4, 0.5) is 5.82 Å². The molecule has 6 heteroatoms. The molecule has 1 heterocycles. The summed E-state index contributed by atoms with van der Waals surface area (Å²) in [7, 11) is 1.64. The summed E-state index contributed by atoms with van der Waals surface area (Å²) in [5.41, 5.74) is 0.365. The van der Waals surface area contributed by atoms with Crippen molar-refractivity contribution in [3.8, 4) is 0 Å². The van der Waals surface area contributed by atoms with E-state index in [2.05, 4.69) is 20.6 Å². The van der Waals surface area contributed by atoms with Gasteiger partial charge in [-0.25, -0.2) is 9.97 Å². The zero-order chi connectivity index (χ0) is 13.5. The molecule has 0 unspecified atom stereocenters. The molecular weight excluding hydrogens is 244 g/mol. The summed E-state index contributed by atoms with van der Waals surface area (Å²) >= 11 is 0. The summed E-state index contributed by atoms with van der Waals surface area (Å²) in [4.78, 5) is 20.2. The van der Waals surface area contributed by atoms with Crippen molar-refractivity contribution in [2.45, 2.75) is 31.7 Å². The van der Waals surface area contributed by atoms with E-state index in [0.29, 0.717) is 30.7 Å². The number of carbonyl (C=O) groups excluding carboxylic acids is 1. The van der Waals surface area contributed by atoms with Gasteiger partial charge in [0.05, 0.1) is 19.0 Å². The highest BCUT2D eigenvalue weighted by molar-refractivity contribution is 5.92. The van der Waals surface area contributed by atoms with E-state index in [1.165, 1.54) is 19.0 Å². The molecule has 0 aromatic carbocycles. The van der Waals surface area contributed by atoms with E-state index >= 15 is 0 Å². The van der Waals surface area contributed by atoms with Gasteiger partial charge in [-0.2, -0.15) is 0 Å². The van der Waals surface area contributed by atoms with Crippen molar-refractivity contribution in [1.29, 1.82) is 0 Å². The highest BCUT2D eigenvalue weighted by Crippen LogP contribution is 2.17. The third kappa shape index (κ3) is 4.17. The fourth-order valence-corrected chi connectivity index (χ4v) is 2.15. The van der Waals surface area contributed by atoms with Gasteiger partial charge in [0.2, 0.25) is 0 Å². The lowest BCUT2D eigenvalue weighted by atomic mass is 10.2. The van der Waals surface area contributed by atoms with Gasteiger partial charge in [-0.05, 0) is 12.8 Å². The maximum Gasteiger partial charge on any atom is 0.271 e. The van der Waals surface area contributed by atoms with Gasteiger partial charge in [-0.3, -0.25) is 4.79 Å². The molecule has 0 saturated heterocycles. The molecule has 2 N–H and O–H groups in total. The number of aromatic nitrogens is 2.